The number of alkyl carbamates (subject to hydrolysis) is 1. The molecule has 1 amide bonds. The third kappa shape index (κ3) is 5.76. The minimum atomic E-state index is -4.86. The molecule has 0 spiro atoms. The van der Waals surface area contributed by atoms with Crippen molar-refractivity contribution in [2.75, 3.05) is 0 Å². The molecular weight excluding hydrogens is 322 g/mol. The van der Waals surface area contributed by atoms with Gasteiger partial charge in [-0.2, -0.15) is 13.2 Å². The molecule has 0 bridgehead atoms. The van der Waals surface area contributed by atoms with E-state index in [1.165, 1.54) is 20.8 Å². The summed E-state index contributed by atoms with van der Waals surface area (Å²) < 4.78 is 56.2. The number of alkyl halides is 3. The predicted octanol–water partition coefficient (Wildman–Crippen LogP) is 3.49. The van der Waals surface area contributed by atoms with Crippen molar-refractivity contribution >= 4 is 12.1 Å². The van der Waals surface area contributed by atoms with E-state index in [2.05, 4.69) is 0 Å². The van der Waals surface area contributed by atoms with Crippen molar-refractivity contribution < 1.29 is 37.0 Å². The maximum Gasteiger partial charge on any atom is 0.416 e. The van der Waals surface area contributed by atoms with Gasteiger partial charge in [0.1, 0.15) is 11.4 Å². The summed E-state index contributed by atoms with van der Waals surface area (Å²) in [7, 11) is 0. The number of benzene rings is 1. The van der Waals surface area contributed by atoms with E-state index in [1.54, 1.807) is 0 Å². The molecule has 0 aliphatic rings. The highest BCUT2D eigenvalue weighted by Crippen LogP contribution is 2.31. The summed E-state index contributed by atoms with van der Waals surface area (Å²) >= 11 is 0. The van der Waals surface area contributed by atoms with Gasteiger partial charge in [0, 0.05) is 0 Å². The number of ether oxygens (including phenoxy) is 1. The van der Waals surface area contributed by atoms with E-state index < -0.39 is 46.8 Å². The van der Waals surface area contributed by atoms with Gasteiger partial charge in [0.05, 0.1) is 5.56 Å². The second-order valence-corrected chi connectivity index (χ2v) is 5.69. The number of carboxylic acids is 1. The number of carbonyl (C=O) groups excluding carboxylic acids is 1. The summed E-state index contributed by atoms with van der Waals surface area (Å²) in [6, 6.07) is -0.595. The van der Waals surface area contributed by atoms with Crippen molar-refractivity contribution in [1.29, 1.82) is 0 Å². The Morgan fingerprint density at radius 3 is 2.17 bits per heavy atom. The summed E-state index contributed by atoms with van der Waals surface area (Å²) in [5, 5.41) is 11.0. The van der Waals surface area contributed by atoms with E-state index in [0.29, 0.717) is 12.1 Å². The molecule has 0 aliphatic heterocycles. The third-order valence-corrected chi connectivity index (χ3v) is 2.49. The summed E-state index contributed by atoms with van der Waals surface area (Å²) in [6.45, 7) is 4.56. The van der Waals surface area contributed by atoms with E-state index >= 15 is 0 Å². The molecule has 0 aliphatic carbocycles. The standard InChI is InChI=1S/C14H15F4NO4/c1-13(2,3)23-12(22)19-10(11(20)21)7-4-8(14(16,17)18)6-9(15)5-7/h4-6,10H,1-3H3,(H,19,22)(H,20,21). The molecule has 0 fully saturated rings. The average molecular weight is 337 g/mol. The van der Waals surface area contributed by atoms with Crippen molar-refractivity contribution in [3.8, 4) is 0 Å². The minimum absolute atomic E-state index is 0.232. The first-order valence-electron chi connectivity index (χ1n) is 6.39. The molecule has 2 N–H and O–H groups in total. The molecule has 1 aromatic carbocycles. The molecule has 1 atom stereocenters. The topological polar surface area (TPSA) is 75.6 Å². The SMILES string of the molecule is CC(C)(C)OC(=O)NC(C(=O)O)c1cc(F)cc(C(F)(F)F)c1. The molecule has 0 heterocycles. The smallest absolute Gasteiger partial charge is 0.416 e. The van der Waals surface area contributed by atoms with Crippen LogP contribution in [0.1, 0.15) is 37.9 Å². The van der Waals surface area contributed by atoms with Crippen LogP contribution in [0.25, 0.3) is 0 Å². The molecule has 9 heteroatoms. The van der Waals surface area contributed by atoms with Gasteiger partial charge < -0.3 is 15.2 Å². The zero-order valence-electron chi connectivity index (χ0n) is 12.5. The Bertz CT molecular complexity index is 608. The molecular formula is C14H15F4NO4. The van der Waals surface area contributed by atoms with Crippen LogP contribution in [0.4, 0.5) is 22.4 Å². The average Bonchev–Trinajstić information content (AvgIpc) is 2.31. The third-order valence-electron chi connectivity index (χ3n) is 2.49. The summed E-state index contributed by atoms with van der Waals surface area (Å²) in [6.07, 6.45) is -6.01. The van der Waals surface area contributed by atoms with Crippen molar-refractivity contribution in [2.45, 2.75) is 38.6 Å². The van der Waals surface area contributed by atoms with Gasteiger partial charge in [-0.05, 0) is 44.5 Å². The Morgan fingerprint density at radius 2 is 1.74 bits per heavy atom. The molecule has 128 valence electrons. The van der Waals surface area contributed by atoms with Gasteiger partial charge in [-0.25, -0.2) is 14.0 Å². The lowest BCUT2D eigenvalue weighted by Crippen LogP contribution is -2.38. The fourth-order valence-corrected chi connectivity index (χ4v) is 1.66. The maximum atomic E-state index is 13.4. The van der Waals surface area contributed by atoms with Gasteiger partial charge in [-0.15, -0.1) is 0 Å². The Labute approximate surface area is 129 Å². The van der Waals surface area contributed by atoms with Crippen molar-refractivity contribution in [3.05, 3.63) is 35.1 Å². The van der Waals surface area contributed by atoms with Gasteiger partial charge in [-0.3, -0.25) is 0 Å². The van der Waals surface area contributed by atoms with Crippen LogP contribution in [0, 0.1) is 5.82 Å². The van der Waals surface area contributed by atoms with Crippen LogP contribution in [-0.2, 0) is 15.7 Å². The first kappa shape index (κ1) is 18.7. The fraction of sp³-hybridized carbons (Fsp3) is 0.429. The predicted molar refractivity (Wildman–Crippen MR) is 71.1 cm³/mol. The monoisotopic (exact) mass is 337 g/mol. The van der Waals surface area contributed by atoms with Crippen molar-refractivity contribution in [3.63, 3.8) is 0 Å². The van der Waals surface area contributed by atoms with Crippen molar-refractivity contribution in [2.24, 2.45) is 0 Å². The minimum Gasteiger partial charge on any atom is -0.479 e. The molecule has 0 radical (unpaired) electrons. The molecule has 1 rings (SSSR count). The van der Waals surface area contributed by atoms with E-state index in [0.717, 1.165) is 0 Å². The Hall–Kier alpha value is -2.32. The lowest BCUT2D eigenvalue weighted by molar-refractivity contribution is -0.140. The van der Waals surface area contributed by atoms with Gasteiger partial charge in [0.25, 0.3) is 0 Å². The summed E-state index contributed by atoms with van der Waals surface area (Å²) in [5.41, 5.74) is -2.85. The highest BCUT2D eigenvalue weighted by Gasteiger charge is 2.33. The number of hydrogen-bond donors (Lipinski definition) is 2. The fourth-order valence-electron chi connectivity index (χ4n) is 1.66. The molecule has 0 saturated carbocycles. The van der Waals surface area contributed by atoms with Gasteiger partial charge in [0.15, 0.2) is 6.04 Å². The Kier molecular flexibility index (Phi) is 5.24. The largest absolute Gasteiger partial charge is 0.479 e. The van der Waals surface area contributed by atoms with Gasteiger partial charge in [0.2, 0.25) is 0 Å². The van der Waals surface area contributed by atoms with Gasteiger partial charge in [-0.1, -0.05) is 0 Å². The second-order valence-electron chi connectivity index (χ2n) is 5.69. The van der Waals surface area contributed by atoms with Crippen LogP contribution in [0.3, 0.4) is 0 Å². The molecule has 23 heavy (non-hydrogen) atoms. The highest BCUT2D eigenvalue weighted by molar-refractivity contribution is 5.81. The normalized spacial score (nSPS) is 13.3. The van der Waals surface area contributed by atoms with Gasteiger partial charge >= 0.3 is 18.2 Å². The number of carbonyl (C=O) groups is 2. The maximum absolute atomic E-state index is 13.4. The zero-order valence-corrected chi connectivity index (χ0v) is 12.5. The number of rotatable bonds is 3. The van der Waals surface area contributed by atoms with Crippen LogP contribution in [0.5, 0.6) is 0 Å². The molecule has 0 saturated heterocycles. The number of amides is 1. The highest BCUT2D eigenvalue weighted by atomic mass is 19.4. The number of hydrogen-bond acceptors (Lipinski definition) is 3. The van der Waals surface area contributed by atoms with Crippen LogP contribution in [0.2, 0.25) is 0 Å². The lowest BCUT2D eigenvalue weighted by atomic mass is 10.0. The first-order chi connectivity index (χ1) is 10.3. The summed E-state index contributed by atoms with van der Waals surface area (Å²) in [4.78, 5) is 22.8. The number of aliphatic carboxylic acids is 1. The van der Waals surface area contributed by atoms with Crippen molar-refractivity contribution in [1.82, 2.24) is 5.32 Å². The molecule has 0 aromatic heterocycles. The second kappa shape index (κ2) is 6.43. The van der Waals surface area contributed by atoms with E-state index in [1.807, 2.05) is 5.32 Å². The number of halogens is 4. The molecule has 1 aromatic rings. The van der Waals surface area contributed by atoms with Crippen LogP contribution < -0.4 is 5.32 Å². The van der Waals surface area contributed by atoms with E-state index in [9.17, 15) is 27.2 Å². The first-order valence-corrected chi connectivity index (χ1v) is 6.39. The lowest BCUT2D eigenvalue weighted by Gasteiger charge is -2.22. The molecule has 5 nitrogen and oxygen atoms in total. The number of carboxylic acid groups (broad SMARTS) is 1. The summed E-state index contributed by atoms with van der Waals surface area (Å²) in [5.74, 6) is -2.93. The molecule has 1 unspecified atom stereocenters. The van der Waals surface area contributed by atoms with Crippen LogP contribution >= 0.6 is 0 Å². The quantitative estimate of drug-likeness (QED) is 0.828. The Morgan fingerprint density at radius 1 is 1.17 bits per heavy atom. The van der Waals surface area contributed by atoms with Crippen LogP contribution in [0.15, 0.2) is 18.2 Å². The Balaban J connectivity index is 3.14. The zero-order chi connectivity index (χ0) is 18.0. The van der Waals surface area contributed by atoms with Crippen LogP contribution in [-0.4, -0.2) is 22.8 Å². The number of nitrogens with one attached hydrogen (secondary N) is 1. The van der Waals surface area contributed by atoms with E-state index in [4.69, 9.17) is 9.84 Å². The van der Waals surface area contributed by atoms with E-state index in [-0.39, 0.29) is 6.07 Å².